The molecule has 3 heteroatoms. The van der Waals surface area contributed by atoms with Crippen LogP contribution in [0.3, 0.4) is 0 Å². The van der Waals surface area contributed by atoms with E-state index in [2.05, 4.69) is 24.0 Å². The van der Waals surface area contributed by atoms with Crippen LogP contribution in [0.25, 0.3) is 0 Å². The highest BCUT2D eigenvalue weighted by atomic mass is 16.5. The average Bonchev–Trinajstić information content (AvgIpc) is 2.73. The lowest BCUT2D eigenvalue weighted by Gasteiger charge is -2.23. The second-order valence-corrected chi connectivity index (χ2v) is 4.60. The van der Waals surface area contributed by atoms with Crippen molar-refractivity contribution in [3.8, 4) is 5.75 Å². The zero-order chi connectivity index (χ0) is 12.3. The predicted molar refractivity (Wildman–Crippen MR) is 70.1 cm³/mol. The average molecular weight is 234 g/mol. The molecule has 1 aromatic carbocycles. The molecule has 1 atom stereocenters. The molecule has 94 valence electrons. The Hall–Kier alpha value is -1.06. The number of benzene rings is 1. The third kappa shape index (κ3) is 2.31. The van der Waals surface area contributed by atoms with E-state index in [1.54, 1.807) is 7.11 Å². The second-order valence-electron chi connectivity index (χ2n) is 4.60. The first-order valence-corrected chi connectivity index (χ1v) is 6.41. The summed E-state index contributed by atoms with van der Waals surface area (Å²) in [5.41, 5.74) is 8.59. The minimum atomic E-state index is 0.367. The first-order valence-electron chi connectivity index (χ1n) is 6.41. The molecule has 3 nitrogen and oxygen atoms in total. The molecule has 0 saturated heterocycles. The Bertz CT molecular complexity index is 378. The molecule has 0 fully saturated rings. The number of fused-ring (bicyclic) bond motifs is 1. The number of hydrogen-bond acceptors (Lipinski definition) is 3. The summed E-state index contributed by atoms with van der Waals surface area (Å²) >= 11 is 0. The van der Waals surface area contributed by atoms with Crippen LogP contribution in [0.1, 0.15) is 36.9 Å². The number of nitrogens with zero attached hydrogens (tertiary/aromatic N) is 1. The molecular formula is C14H22N2O. The molecule has 0 aromatic heterocycles. The summed E-state index contributed by atoms with van der Waals surface area (Å²) in [5, 5.41) is 0. The Balaban J connectivity index is 2.24. The molecule has 1 aromatic rings. The van der Waals surface area contributed by atoms with Crippen molar-refractivity contribution in [2.45, 2.75) is 32.4 Å². The van der Waals surface area contributed by atoms with Gasteiger partial charge in [0, 0.05) is 24.7 Å². The number of rotatable bonds is 5. The van der Waals surface area contributed by atoms with Crippen LogP contribution in [0.2, 0.25) is 0 Å². The third-order valence-corrected chi connectivity index (χ3v) is 3.57. The van der Waals surface area contributed by atoms with E-state index < -0.39 is 0 Å². The Kier molecular flexibility index (Phi) is 4.02. The fraction of sp³-hybridized carbons (Fsp3) is 0.571. The fourth-order valence-electron chi connectivity index (χ4n) is 2.64. The Morgan fingerprint density at radius 1 is 1.47 bits per heavy atom. The van der Waals surface area contributed by atoms with Gasteiger partial charge in [0.1, 0.15) is 5.75 Å². The first kappa shape index (κ1) is 12.4. The molecule has 2 N–H and O–H groups in total. The van der Waals surface area contributed by atoms with Gasteiger partial charge in [-0.15, -0.1) is 0 Å². The minimum Gasteiger partial charge on any atom is -0.496 e. The number of ether oxygens (including phenoxy) is 1. The molecule has 17 heavy (non-hydrogen) atoms. The number of methoxy groups -OCH3 is 1. The van der Waals surface area contributed by atoms with E-state index in [0.29, 0.717) is 12.6 Å². The highest BCUT2D eigenvalue weighted by Crippen LogP contribution is 2.37. The summed E-state index contributed by atoms with van der Waals surface area (Å²) in [6, 6.07) is 6.65. The van der Waals surface area contributed by atoms with Gasteiger partial charge in [-0.2, -0.15) is 0 Å². The standard InChI is InChI=1S/C14H22N2O/c1-3-4-8-16-10-12-11(13(16)9-15)6-5-7-14(12)17-2/h5-7,13H,3-4,8-10,15H2,1-2H3. The van der Waals surface area contributed by atoms with Crippen LogP contribution in [-0.2, 0) is 6.54 Å². The number of nitrogens with two attached hydrogens (primary N) is 1. The molecule has 0 radical (unpaired) electrons. The lowest BCUT2D eigenvalue weighted by Crippen LogP contribution is -2.28. The highest BCUT2D eigenvalue weighted by molar-refractivity contribution is 5.44. The quantitative estimate of drug-likeness (QED) is 0.849. The van der Waals surface area contributed by atoms with Gasteiger partial charge in [0.2, 0.25) is 0 Å². The van der Waals surface area contributed by atoms with E-state index >= 15 is 0 Å². The Labute approximate surface area is 104 Å². The van der Waals surface area contributed by atoms with E-state index in [1.165, 1.54) is 24.0 Å². The van der Waals surface area contributed by atoms with Gasteiger partial charge in [0.25, 0.3) is 0 Å². The van der Waals surface area contributed by atoms with E-state index in [0.717, 1.165) is 18.8 Å². The molecule has 0 bridgehead atoms. The van der Waals surface area contributed by atoms with E-state index in [1.807, 2.05) is 6.07 Å². The van der Waals surface area contributed by atoms with Crippen molar-refractivity contribution in [3.05, 3.63) is 29.3 Å². The second kappa shape index (κ2) is 5.52. The monoisotopic (exact) mass is 234 g/mol. The Morgan fingerprint density at radius 3 is 2.94 bits per heavy atom. The molecule has 0 spiro atoms. The van der Waals surface area contributed by atoms with Gasteiger partial charge in [-0.05, 0) is 24.6 Å². The molecular weight excluding hydrogens is 212 g/mol. The van der Waals surface area contributed by atoms with E-state index in [-0.39, 0.29) is 0 Å². The smallest absolute Gasteiger partial charge is 0.123 e. The maximum Gasteiger partial charge on any atom is 0.123 e. The SMILES string of the molecule is CCCCN1Cc2c(OC)cccc2C1CN. The predicted octanol–water partition coefficient (Wildman–Crippen LogP) is 2.31. The van der Waals surface area contributed by atoms with Crippen molar-refractivity contribution in [3.63, 3.8) is 0 Å². The van der Waals surface area contributed by atoms with Gasteiger partial charge in [0.05, 0.1) is 7.11 Å². The van der Waals surface area contributed by atoms with Crippen LogP contribution in [0.5, 0.6) is 5.75 Å². The summed E-state index contributed by atoms with van der Waals surface area (Å²) in [5.74, 6) is 1.000. The van der Waals surface area contributed by atoms with Gasteiger partial charge in [0.15, 0.2) is 0 Å². The van der Waals surface area contributed by atoms with Gasteiger partial charge < -0.3 is 10.5 Å². The minimum absolute atomic E-state index is 0.367. The summed E-state index contributed by atoms with van der Waals surface area (Å²) in [6.45, 7) is 5.00. The van der Waals surface area contributed by atoms with Crippen LogP contribution in [-0.4, -0.2) is 25.1 Å². The molecule has 1 aliphatic heterocycles. The molecule has 1 aliphatic rings. The number of hydrogen-bond donors (Lipinski definition) is 1. The van der Waals surface area contributed by atoms with Crippen LogP contribution in [0.15, 0.2) is 18.2 Å². The van der Waals surface area contributed by atoms with Crippen LogP contribution in [0.4, 0.5) is 0 Å². The lowest BCUT2D eigenvalue weighted by atomic mass is 10.0. The van der Waals surface area contributed by atoms with Crippen molar-refractivity contribution in [1.29, 1.82) is 0 Å². The maximum atomic E-state index is 5.92. The topological polar surface area (TPSA) is 38.5 Å². The van der Waals surface area contributed by atoms with Crippen molar-refractivity contribution >= 4 is 0 Å². The summed E-state index contributed by atoms with van der Waals surface area (Å²) in [6.07, 6.45) is 2.45. The highest BCUT2D eigenvalue weighted by Gasteiger charge is 2.30. The van der Waals surface area contributed by atoms with E-state index in [4.69, 9.17) is 10.5 Å². The summed E-state index contributed by atoms with van der Waals surface area (Å²) in [7, 11) is 1.74. The molecule has 1 heterocycles. The lowest BCUT2D eigenvalue weighted by molar-refractivity contribution is 0.216. The fourth-order valence-corrected chi connectivity index (χ4v) is 2.64. The van der Waals surface area contributed by atoms with Gasteiger partial charge >= 0.3 is 0 Å². The van der Waals surface area contributed by atoms with Crippen LogP contribution < -0.4 is 10.5 Å². The summed E-state index contributed by atoms with van der Waals surface area (Å²) < 4.78 is 5.44. The zero-order valence-corrected chi connectivity index (χ0v) is 10.8. The largest absolute Gasteiger partial charge is 0.496 e. The van der Waals surface area contributed by atoms with Crippen molar-refractivity contribution in [1.82, 2.24) is 4.90 Å². The van der Waals surface area contributed by atoms with Gasteiger partial charge in [-0.1, -0.05) is 25.5 Å². The van der Waals surface area contributed by atoms with Gasteiger partial charge in [-0.25, -0.2) is 0 Å². The molecule has 0 saturated carbocycles. The summed E-state index contributed by atoms with van der Waals surface area (Å²) in [4.78, 5) is 2.47. The van der Waals surface area contributed by atoms with E-state index in [9.17, 15) is 0 Å². The van der Waals surface area contributed by atoms with Gasteiger partial charge in [-0.3, -0.25) is 4.90 Å². The molecule has 0 aliphatic carbocycles. The van der Waals surface area contributed by atoms with Crippen molar-refractivity contribution < 1.29 is 4.74 Å². The van der Waals surface area contributed by atoms with Crippen molar-refractivity contribution in [2.75, 3.05) is 20.2 Å². The molecule has 0 amide bonds. The first-order chi connectivity index (χ1) is 8.31. The zero-order valence-electron chi connectivity index (χ0n) is 10.8. The number of unbranched alkanes of at least 4 members (excludes halogenated alkanes) is 1. The van der Waals surface area contributed by atoms with Crippen LogP contribution in [0, 0.1) is 0 Å². The third-order valence-electron chi connectivity index (χ3n) is 3.57. The normalized spacial score (nSPS) is 19.4. The molecule has 1 unspecified atom stereocenters. The Morgan fingerprint density at radius 2 is 2.29 bits per heavy atom. The van der Waals surface area contributed by atoms with Crippen LogP contribution >= 0.6 is 0 Å². The maximum absolute atomic E-state index is 5.92. The van der Waals surface area contributed by atoms with Crippen molar-refractivity contribution in [2.24, 2.45) is 5.73 Å². The molecule has 2 rings (SSSR count).